The van der Waals surface area contributed by atoms with Gasteiger partial charge in [0.2, 0.25) is 0 Å². The van der Waals surface area contributed by atoms with Crippen LogP contribution >= 0.6 is 0 Å². The van der Waals surface area contributed by atoms with E-state index in [1.165, 1.54) is 5.56 Å². The quantitative estimate of drug-likeness (QED) is 0.178. The maximum atomic E-state index is 13.9. The van der Waals surface area contributed by atoms with Crippen molar-refractivity contribution in [3.63, 3.8) is 0 Å². The second-order valence-electron chi connectivity index (χ2n) is 14.9. The maximum Gasteiger partial charge on any atom is 0.312 e. The largest absolute Gasteiger partial charge is 0.462 e. The molecule has 0 aromatic heterocycles. The van der Waals surface area contributed by atoms with Crippen molar-refractivity contribution >= 4 is 16.8 Å². The normalized spacial score (nSPS) is 19.0. The molecule has 1 aromatic carbocycles. The van der Waals surface area contributed by atoms with E-state index in [0.29, 0.717) is 6.42 Å². The monoisotopic (exact) mass is 596 g/mol. The zero-order valence-electron chi connectivity index (χ0n) is 27.8. The first-order valence-corrected chi connectivity index (χ1v) is 16.7. The van der Waals surface area contributed by atoms with E-state index in [1.54, 1.807) is 0 Å². The van der Waals surface area contributed by atoms with Gasteiger partial charge >= 0.3 is 5.97 Å². The molecule has 0 saturated heterocycles. The topological polar surface area (TPSA) is 104 Å². The molecular weight excluding hydrogens is 536 g/mol. The van der Waals surface area contributed by atoms with Gasteiger partial charge in [-0.15, -0.1) is 0 Å². The Morgan fingerprint density at radius 2 is 1.41 bits per heavy atom. The predicted molar refractivity (Wildman–Crippen MR) is 170 cm³/mol. The molecule has 1 aromatic rings. The SMILES string of the molecule is CCC(C)(C)CC(c1ccccc1)C(C)(C)C(C)(CC)CC(C)(C(=O)OCC(O)CS(=O)CC(O)CO)C(C)(C)C. The smallest absolute Gasteiger partial charge is 0.312 e. The number of hydrogen-bond donors (Lipinski definition) is 3. The summed E-state index contributed by atoms with van der Waals surface area (Å²) in [6, 6.07) is 10.7. The third kappa shape index (κ3) is 9.87. The lowest BCUT2D eigenvalue weighted by atomic mass is 9.49. The summed E-state index contributed by atoms with van der Waals surface area (Å²) >= 11 is 0. The standard InChI is InChI=1S/C34H60O6S/c1-12-31(6,7)19-28(25-17-15-14-16-18-25)32(8,9)33(10,13-2)24-34(11,30(3,4)5)29(38)40-21-27(37)23-41(39)22-26(36)20-35/h14-18,26-28,35-37H,12-13,19-24H2,1-11H3. The van der Waals surface area contributed by atoms with Crippen molar-refractivity contribution in [1.82, 2.24) is 0 Å². The van der Waals surface area contributed by atoms with E-state index >= 15 is 0 Å². The number of ether oxygens (including phenoxy) is 1. The minimum absolute atomic E-state index is 0.136. The van der Waals surface area contributed by atoms with Crippen LogP contribution in [0.3, 0.4) is 0 Å². The van der Waals surface area contributed by atoms with E-state index in [0.717, 1.165) is 19.3 Å². The Kier molecular flexibility index (Phi) is 13.8. The molecule has 1 rings (SSSR count). The Morgan fingerprint density at radius 1 is 0.878 bits per heavy atom. The second-order valence-corrected chi connectivity index (χ2v) is 16.5. The first kappa shape index (κ1) is 37.7. The molecule has 6 nitrogen and oxygen atoms in total. The highest BCUT2D eigenvalue weighted by molar-refractivity contribution is 7.85. The highest BCUT2D eigenvalue weighted by Crippen LogP contribution is 2.60. The molecule has 0 aliphatic heterocycles. The fraction of sp³-hybridized carbons (Fsp3) is 0.794. The van der Waals surface area contributed by atoms with Crippen molar-refractivity contribution in [2.75, 3.05) is 24.7 Å². The van der Waals surface area contributed by atoms with Crippen LogP contribution in [0.15, 0.2) is 30.3 Å². The van der Waals surface area contributed by atoms with Gasteiger partial charge < -0.3 is 20.1 Å². The van der Waals surface area contributed by atoms with Crippen LogP contribution in [-0.4, -0.2) is 62.4 Å². The molecule has 0 spiro atoms. The molecule has 6 unspecified atom stereocenters. The van der Waals surface area contributed by atoms with Gasteiger partial charge in [0, 0.05) is 10.8 Å². The van der Waals surface area contributed by atoms with Crippen molar-refractivity contribution in [3.05, 3.63) is 35.9 Å². The molecule has 0 radical (unpaired) electrons. The first-order chi connectivity index (χ1) is 18.7. The fourth-order valence-corrected chi connectivity index (χ4v) is 6.95. The van der Waals surface area contributed by atoms with Crippen molar-refractivity contribution in [3.8, 4) is 0 Å². The lowest BCUT2D eigenvalue weighted by Gasteiger charge is -2.55. The van der Waals surface area contributed by atoms with Gasteiger partial charge in [-0.1, -0.05) is 112 Å². The highest BCUT2D eigenvalue weighted by Gasteiger charge is 2.55. The van der Waals surface area contributed by atoms with Gasteiger partial charge in [0.25, 0.3) is 0 Å². The molecule has 6 atom stereocenters. The van der Waals surface area contributed by atoms with Crippen molar-refractivity contribution in [1.29, 1.82) is 0 Å². The summed E-state index contributed by atoms with van der Waals surface area (Å²) < 4.78 is 17.9. The third-order valence-electron chi connectivity index (χ3n) is 10.3. The summed E-state index contributed by atoms with van der Waals surface area (Å²) in [5.74, 6) is -0.370. The van der Waals surface area contributed by atoms with Crippen LogP contribution in [0.1, 0.15) is 113 Å². The van der Waals surface area contributed by atoms with E-state index in [2.05, 4.69) is 99.6 Å². The summed E-state index contributed by atoms with van der Waals surface area (Å²) in [6.45, 7) is 23.6. The van der Waals surface area contributed by atoms with Crippen LogP contribution in [0.5, 0.6) is 0 Å². The van der Waals surface area contributed by atoms with Crippen LogP contribution in [0.25, 0.3) is 0 Å². The number of esters is 1. The van der Waals surface area contributed by atoms with Crippen molar-refractivity contribution < 1.29 is 29.1 Å². The number of carbonyl (C=O) groups is 1. The van der Waals surface area contributed by atoms with Crippen molar-refractivity contribution in [2.24, 2.45) is 27.1 Å². The van der Waals surface area contributed by atoms with E-state index in [9.17, 15) is 19.2 Å². The Bertz CT molecular complexity index is 969. The number of aliphatic hydroxyl groups is 3. The summed E-state index contributed by atoms with van der Waals surface area (Å²) in [5, 5.41) is 29.0. The Morgan fingerprint density at radius 3 is 1.88 bits per heavy atom. The van der Waals surface area contributed by atoms with Crippen molar-refractivity contribution in [2.45, 2.75) is 120 Å². The molecular formula is C34H60O6S. The Balaban J connectivity index is 3.35. The van der Waals surface area contributed by atoms with E-state index in [-0.39, 0.29) is 46.2 Å². The summed E-state index contributed by atoms with van der Waals surface area (Å²) in [6.07, 6.45) is 1.36. The Hall–Kier alpha value is -1.28. The van der Waals surface area contributed by atoms with Gasteiger partial charge in [0.05, 0.1) is 35.7 Å². The van der Waals surface area contributed by atoms with Gasteiger partial charge in [-0.2, -0.15) is 0 Å². The summed E-state index contributed by atoms with van der Waals surface area (Å²) in [7, 11) is -1.55. The zero-order valence-corrected chi connectivity index (χ0v) is 28.6. The molecule has 0 fully saturated rings. The highest BCUT2D eigenvalue weighted by atomic mass is 32.2. The molecule has 7 heteroatoms. The fourth-order valence-electron chi connectivity index (χ4n) is 5.75. The Labute approximate surface area is 253 Å². The lowest BCUT2D eigenvalue weighted by molar-refractivity contribution is -0.170. The van der Waals surface area contributed by atoms with Crippen LogP contribution in [0.4, 0.5) is 0 Å². The van der Waals surface area contributed by atoms with E-state index in [1.807, 2.05) is 6.92 Å². The second kappa shape index (κ2) is 14.9. The van der Waals surface area contributed by atoms with Gasteiger partial charge in [-0.05, 0) is 52.9 Å². The molecule has 0 saturated carbocycles. The minimum atomic E-state index is -1.55. The van der Waals surface area contributed by atoms with E-state index in [4.69, 9.17) is 9.84 Å². The molecule has 0 bridgehead atoms. The van der Waals surface area contributed by atoms with Crippen LogP contribution in [-0.2, 0) is 20.3 Å². The number of carbonyl (C=O) groups excluding carboxylic acids is 1. The van der Waals surface area contributed by atoms with Gasteiger partial charge in [-0.25, -0.2) is 0 Å². The number of rotatable bonds is 17. The lowest BCUT2D eigenvalue weighted by Crippen LogP contribution is -2.50. The minimum Gasteiger partial charge on any atom is -0.462 e. The molecule has 0 amide bonds. The number of aliphatic hydroxyl groups excluding tert-OH is 3. The molecule has 238 valence electrons. The number of hydrogen-bond acceptors (Lipinski definition) is 6. The van der Waals surface area contributed by atoms with Crippen LogP contribution < -0.4 is 0 Å². The molecule has 0 aliphatic carbocycles. The van der Waals surface area contributed by atoms with Gasteiger partial charge in [-0.3, -0.25) is 9.00 Å². The molecule has 0 heterocycles. The molecule has 3 N–H and O–H groups in total. The first-order valence-electron chi connectivity index (χ1n) is 15.2. The average Bonchev–Trinajstić information content (AvgIpc) is 2.89. The van der Waals surface area contributed by atoms with Crippen LogP contribution in [0, 0.1) is 27.1 Å². The van der Waals surface area contributed by atoms with E-state index < -0.39 is 40.4 Å². The molecule has 41 heavy (non-hydrogen) atoms. The predicted octanol–water partition coefficient (Wildman–Crippen LogP) is 6.49. The summed E-state index contributed by atoms with van der Waals surface area (Å²) in [4.78, 5) is 13.9. The van der Waals surface area contributed by atoms with Gasteiger partial charge in [0.1, 0.15) is 6.61 Å². The maximum absolute atomic E-state index is 13.9. The zero-order chi connectivity index (χ0) is 31.9. The molecule has 0 aliphatic rings. The van der Waals surface area contributed by atoms with Gasteiger partial charge in [0.15, 0.2) is 0 Å². The van der Waals surface area contributed by atoms with Crippen LogP contribution in [0.2, 0.25) is 0 Å². The third-order valence-corrected chi connectivity index (χ3v) is 11.9. The summed E-state index contributed by atoms with van der Waals surface area (Å²) in [5.41, 5.74) is -0.225. The average molecular weight is 597 g/mol. The number of benzene rings is 1.